The summed E-state index contributed by atoms with van der Waals surface area (Å²) in [6.07, 6.45) is -1.33. The minimum absolute atomic E-state index is 0.107. The van der Waals surface area contributed by atoms with E-state index < -0.39 is 17.6 Å². The minimum Gasteiger partial charge on any atom is -0.309 e. The number of rotatable bonds is 5. The monoisotopic (exact) mass is 321 g/mol. The molecular formula is C15H19F4NS. The third-order valence-electron chi connectivity index (χ3n) is 3.77. The summed E-state index contributed by atoms with van der Waals surface area (Å²) in [6.45, 7) is 2.21. The van der Waals surface area contributed by atoms with Crippen LogP contribution in [-0.2, 0) is 12.7 Å². The number of alkyl halides is 3. The summed E-state index contributed by atoms with van der Waals surface area (Å²) in [5, 5.41) is 3.68. The summed E-state index contributed by atoms with van der Waals surface area (Å²) in [5.74, 6) is 0.152. The number of halogens is 4. The van der Waals surface area contributed by atoms with Gasteiger partial charge in [0.15, 0.2) is 0 Å². The summed E-state index contributed by atoms with van der Waals surface area (Å²) in [5.41, 5.74) is -0.774. The van der Waals surface area contributed by atoms with Crippen molar-refractivity contribution in [1.82, 2.24) is 5.32 Å². The van der Waals surface area contributed by atoms with E-state index in [1.54, 1.807) is 0 Å². The molecule has 0 aliphatic heterocycles. The Morgan fingerprint density at radius 2 is 2.05 bits per heavy atom. The van der Waals surface area contributed by atoms with E-state index in [0.29, 0.717) is 11.3 Å². The van der Waals surface area contributed by atoms with Gasteiger partial charge in [0.2, 0.25) is 0 Å². The highest BCUT2D eigenvalue weighted by atomic mass is 32.2. The Morgan fingerprint density at radius 1 is 1.29 bits per heavy atom. The molecular weight excluding hydrogens is 302 g/mol. The molecule has 0 amide bonds. The molecule has 0 bridgehead atoms. The second kappa shape index (κ2) is 7.01. The highest BCUT2D eigenvalue weighted by Crippen LogP contribution is 2.34. The molecule has 1 saturated carbocycles. The van der Waals surface area contributed by atoms with Crippen molar-refractivity contribution in [3.63, 3.8) is 0 Å². The van der Waals surface area contributed by atoms with Crippen LogP contribution in [-0.4, -0.2) is 17.0 Å². The van der Waals surface area contributed by atoms with E-state index in [1.165, 1.54) is 6.07 Å². The average Bonchev–Trinajstić information content (AvgIpc) is 2.84. The Bertz CT molecular complexity index is 475. The molecule has 1 aliphatic carbocycles. The molecule has 2 rings (SSSR count). The molecule has 2 atom stereocenters. The first-order valence-corrected chi connectivity index (χ1v) is 8.17. The van der Waals surface area contributed by atoms with Crippen LogP contribution in [0.4, 0.5) is 17.6 Å². The van der Waals surface area contributed by atoms with Crippen molar-refractivity contribution < 1.29 is 17.6 Å². The van der Waals surface area contributed by atoms with Gasteiger partial charge in [-0.3, -0.25) is 0 Å². The quantitative estimate of drug-likeness (QED) is 0.795. The summed E-state index contributed by atoms with van der Waals surface area (Å²) in [4.78, 5) is 0. The van der Waals surface area contributed by atoms with E-state index in [1.807, 2.05) is 11.8 Å². The lowest BCUT2D eigenvalue weighted by Crippen LogP contribution is -2.34. The van der Waals surface area contributed by atoms with Crippen LogP contribution >= 0.6 is 11.8 Å². The molecule has 1 aromatic carbocycles. The fourth-order valence-corrected chi connectivity index (χ4v) is 4.01. The van der Waals surface area contributed by atoms with Crippen molar-refractivity contribution in [1.29, 1.82) is 0 Å². The van der Waals surface area contributed by atoms with Gasteiger partial charge in [-0.1, -0.05) is 19.4 Å². The molecule has 1 fully saturated rings. The Labute approximate surface area is 126 Å². The number of hydrogen-bond donors (Lipinski definition) is 1. The zero-order chi connectivity index (χ0) is 15.5. The predicted octanol–water partition coefficient (Wildman–Crippen LogP) is 4.61. The van der Waals surface area contributed by atoms with Crippen molar-refractivity contribution in [2.75, 3.05) is 5.75 Å². The van der Waals surface area contributed by atoms with Gasteiger partial charge >= 0.3 is 6.18 Å². The van der Waals surface area contributed by atoms with Crippen molar-refractivity contribution in [2.24, 2.45) is 0 Å². The molecule has 0 spiro atoms. The normalized spacial score (nSPS) is 22.7. The Kier molecular flexibility index (Phi) is 5.54. The number of nitrogens with one attached hydrogen (secondary N) is 1. The molecule has 2 unspecified atom stereocenters. The maximum atomic E-state index is 13.1. The van der Waals surface area contributed by atoms with Crippen LogP contribution in [0, 0.1) is 5.82 Å². The van der Waals surface area contributed by atoms with E-state index in [9.17, 15) is 17.6 Å². The van der Waals surface area contributed by atoms with E-state index in [-0.39, 0.29) is 18.2 Å². The van der Waals surface area contributed by atoms with Gasteiger partial charge in [-0.15, -0.1) is 0 Å². The third kappa shape index (κ3) is 4.36. The molecule has 1 aliphatic rings. The molecule has 6 heteroatoms. The van der Waals surface area contributed by atoms with Gasteiger partial charge in [0.1, 0.15) is 5.82 Å². The molecule has 21 heavy (non-hydrogen) atoms. The van der Waals surface area contributed by atoms with Gasteiger partial charge in [0.05, 0.1) is 5.56 Å². The van der Waals surface area contributed by atoms with Crippen molar-refractivity contribution >= 4 is 11.8 Å². The largest absolute Gasteiger partial charge is 0.416 e. The lowest BCUT2D eigenvalue weighted by atomic mass is 10.1. The van der Waals surface area contributed by atoms with Crippen molar-refractivity contribution in [3.8, 4) is 0 Å². The Hall–Kier alpha value is -0.750. The van der Waals surface area contributed by atoms with Gasteiger partial charge in [-0.05, 0) is 36.3 Å². The lowest BCUT2D eigenvalue weighted by Gasteiger charge is -2.21. The minimum atomic E-state index is -4.52. The molecule has 1 aromatic rings. The Balaban J connectivity index is 2.06. The highest BCUT2D eigenvalue weighted by molar-refractivity contribution is 7.99. The SMILES string of the molecule is CCSC1CCCC1NCc1ccc(F)cc1C(F)(F)F. The topological polar surface area (TPSA) is 12.0 Å². The summed E-state index contributed by atoms with van der Waals surface area (Å²) < 4.78 is 51.8. The van der Waals surface area contributed by atoms with Crippen LogP contribution < -0.4 is 5.32 Å². The van der Waals surface area contributed by atoms with Gasteiger partial charge in [0, 0.05) is 17.8 Å². The zero-order valence-electron chi connectivity index (χ0n) is 11.8. The van der Waals surface area contributed by atoms with Gasteiger partial charge in [0.25, 0.3) is 0 Å². The zero-order valence-corrected chi connectivity index (χ0v) is 12.7. The van der Waals surface area contributed by atoms with E-state index >= 15 is 0 Å². The third-order valence-corrected chi connectivity index (χ3v) is 5.09. The maximum Gasteiger partial charge on any atom is 0.416 e. The van der Waals surface area contributed by atoms with Crippen LogP contribution in [0.5, 0.6) is 0 Å². The van der Waals surface area contributed by atoms with Gasteiger partial charge < -0.3 is 5.32 Å². The first kappa shape index (κ1) is 16.6. The number of hydrogen-bond acceptors (Lipinski definition) is 2. The molecule has 0 radical (unpaired) electrons. The van der Waals surface area contributed by atoms with E-state index in [4.69, 9.17) is 0 Å². The first-order chi connectivity index (χ1) is 9.91. The maximum absolute atomic E-state index is 13.1. The van der Waals surface area contributed by atoms with Crippen LogP contribution in [0.2, 0.25) is 0 Å². The standard InChI is InChI=1S/C15H19F4NS/c1-2-21-14-5-3-4-13(14)20-9-10-6-7-11(16)8-12(10)15(17,18)19/h6-8,13-14,20H,2-5,9H2,1H3. The molecule has 1 nitrogen and oxygen atoms in total. The molecule has 0 heterocycles. The van der Waals surface area contributed by atoms with Crippen molar-refractivity contribution in [2.45, 2.75) is 50.2 Å². The molecule has 118 valence electrons. The second-order valence-electron chi connectivity index (χ2n) is 5.21. The average molecular weight is 321 g/mol. The van der Waals surface area contributed by atoms with E-state index in [2.05, 4.69) is 12.2 Å². The summed E-state index contributed by atoms with van der Waals surface area (Å²) in [6, 6.07) is 3.12. The van der Waals surface area contributed by atoms with Gasteiger partial charge in [-0.25, -0.2) is 4.39 Å². The highest BCUT2D eigenvalue weighted by Gasteiger charge is 2.34. The van der Waals surface area contributed by atoms with Crippen molar-refractivity contribution in [3.05, 3.63) is 35.1 Å². The van der Waals surface area contributed by atoms with Crippen LogP contribution in [0.3, 0.4) is 0 Å². The predicted molar refractivity (Wildman–Crippen MR) is 77.8 cm³/mol. The van der Waals surface area contributed by atoms with E-state index in [0.717, 1.165) is 31.1 Å². The summed E-state index contributed by atoms with van der Waals surface area (Å²) in [7, 11) is 0. The molecule has 0 saturated heterocycles. The lowest BCUT2D eigenvalue weighted by molar-refractivity contribution is -0.138. The Morgan fingerprint density at radius 3 is 2.71 bits per heavy atom. The fourth-order valence-electron chi connectivity index (χ4n) is 2.78. The molecule has 0 aromatic heterocycles. The summed E-state index contributed by atoms with van der Waals surface area (Å²) >= 11 is 1.85. The van der Waals surface area contributed by atoms with Crippen LogP contribution in [0.25, 0.3) is 0 Å². The van der Waals surface area contributed by atoms with Crippen LogP contribution in [0.1, 0.15) is 37.3 Å². The fraction of sp³-hybridized carbons (Fsp3) is 0.600. The smallest absolute Gasteiger partial charge is 0.309 e. The second-order valence-corrected chi connectivity index (χ2v) is 6.73. The number of thioether (sulfide) groups is 1. The first-order valence-electron chi connectivity index (χ1n) is 7.12. The van der Waals surface area contributed by atoms with Gasteiger partial charge in [-0.2, -0.15) is 24.9 Å². The van der Waals surface area contributed by atoms with Crippen LogP contribution in [0.15, 0.2) is 18.2 Å². The number of benzene rings is 1. The molecule has 1 N–H and O–H groups in total.